The number of allylic oxidation sites excluding steroid dienone is 1. The van der Waals surface area contributed by atoms with Gasteiger partial charge in [0.2, 0.25) is 0 Å². The number of aliphatic imine (C=N–C) groups is 1. The van der Waals surface area contributed by atoms with E-state index in [1.807, 2.05) is 30.3 Å². The van der Waals surface area contributed by atoms with Crippen LogP contribution in [0.15, 0.2) is 66.2 Å². The van der Waals surface area contributed by atoms with Gasteiger partial charge in [-0.15, -0.1) is 22.7 Å². The van der Waals surface area contributed by atoms with Crippen LogP contribution in [0.4, 0.5) is 9.52 Å². The summed E-state index contributed by atoms with van der Waals surface area (Å²) in [6.45, 7) is -1.17. The number of hydrogen-bond donors (Lipinski definition) is 2. The summed E-state index contributed by atoms with van der Waals surface area (Å²) in [4.78, 5) is 56.3. The fraction of sp³-hybridized carbons (Fsp3) is 0.269. The average Bonchev–Trinajstić information content (AvgIpc) is 3.66. The van der Waals surface area contributed by atoms with E-state index in [4.69, 9.17) is 15.3 Å². The number of nitrogens with two attached hydrogens (primary N) is 1. The molecule has 0 unspecified atom stereocenters. The van der Waals surface area contributed by atoms with E-state index in [0.29, 0.717) is 15.7 Å². The Morgan fingerprint density at radius 1 is 1.20 bits per heavy atom. The molecule has 18 heteroatoms. The van der Waals surface area contributed by atoms with Crippen LogP contribution in [0.25, 0.3) is 0 Å². The van der Waals surface area contributed by atoms with Crippen molar-refractivity contribution >= 4 is 69.0 Å². The van der Waals surface area contributed by atoms with Crippen molar-refractivity contribution in [3.63, 3.8) is 0 Å². The Hall–Kier alpha value is -3.35. The van der Waals surface area contributed by atoms with Crippen molar-refractivity contribution in [1.29, 1.82) is 0 Å². The normalized spacial score (nSPS) is 18.3. The van der Waals surface area contributed by atoms with E-state index in [1.54, 1.807) is 0 Å². The predicted octanol–water partition coefficient (Wildman–Crippen LogP) is -0.546. The van der Waals surface area contributed by atoms with Gasteiger partial charge >= 0.3 is 41.5 Å². The second-order valence-corrected chi connectivity index (χ2v) is 12.1. The Balaban J connectivity index is 0.00000442. The quantitative estimate of drug-likeness (QED) is 0.0479. The number of aliphatic carboxylic acids is 1. The van der Waals surface area contributed by atoms with Crippen LogP contribution in [0, 0.1) is 0 Å². The van der Waals surface area contributed by atoms with Crippen LogP contribution in [0.2, 0.25) is 0 Å². The number of aromatic nitrogens is 2. The van der Waals surface area contributed by atoms with Gasteiger partial charge in [0.25, 0.3) is 5.91 Å². The average molecular weight is 669 g/mol. The molecule has 1 aromatic carbocycles. The number of ether oxygens (including phenoxy) is 1. The first-order valence-corrected chi connectivity index (χ1v) is 15.2. The molecule has 0 spiro atoms. The molecule has 224 valence electrons. The Morgan fingerprint density at radius 3 is 2.64 bits per heavy atom. The summed E-state index contributed by atoms with van der Waals surface area (Å²) in [6, 6.07) is 7.33. The second kappa shape index (κ2) is 15.1. The zero-order valence-corrected chi connectivity index (χ0v) is 27.5. The topological polar surface area (TPSA) is 193 Å². The number of rotatable bonds is 12. The number of alkyl halides is 1. The fourth-order valence-electron chi connectivity index (χ4n) is 4.31. The molecule has 0 aliphatic carbocycles. The van der Waals surface area contributed by atoms with Gasteiger partial charge < -0.3 is 25.5 Å². The molecule has 3 aromatic rings. The number of thioether (sulfide) groups is 1. The number of benzene rings is 1. The predicted molar refractivity (Wildman–Crippen MR) is 154 cm³/mol. The number of nitrogens with zero attached hydrogens (tertiary/aromatic N) is 5. The van der Waals surface area contributed by atoms with Crippen LogP contribution in [0.3, 0.4) is 0 Å². The summed E-state index contributed by atoms with van der Waals surface area (Å²) < 4.78 is 18.2. The van der Waals surface area contributed by atoms with Crippen molar-refractivity contribution in [2.75, 3.05) is 19.0 Å². The van der Waals surface area contributed by atoms with Gasteiger partial charge in [0.1, 0.15) is 43.0 Å². The maximum absolute atomic E-state index is 13.1. The Morgan fingerprint density at radius 2 is 1.95 bits per heavy atom. The van der Waals surface area contributed by atoms with Gasteiger partial charge in [-0.1, -0.05) is 47.2 Å². The van der Waals surface area contributed by atoms with Crippen LogP contribution in [0.5, 0.6) is 0 Å². The third-order valence-corrected chi connectivity index (χ3v) is 8.98. The van der Waals surface area contributed by atoms with Crippen molar-refractivity contribution in [2.45, 2.75) is 35.9 Å². The molecule has 0 saturated carbocycles. The Bertz CT molecular complexity index is 1630. The molecule has 1 amide bonds. The van der Waals surface area contributed by atoms with Gasteiger partial charge in [-0.25, -0.2) is 23.9 Å². The molecule has 2 aliphatic heterocycles. The van der Waals surface area contributed by atoms with Gasteiger partial charge in [-0.05, 0) is 18.4 Å². The second-order valence-electron chi connectivity index (χ2n) is 8.97. The monoisotopic (exact) mass is 668 g/mol. The molecule has 2 atom stereocenters. The molecule has 1 fully saturated rings. The van der Waals surface area contributed by atoms with E-state index in [0.717, 1.165) is 44.9 Å². The molecule has 2 aliphatic rings. The number of carbonyl (C=O) groups excluding carboxylic acids is 2. The maximum atomic E-state index is 13.1. The number of anilines is 1. The number of hydrogen-bond acceptors (Lipinski definition) is 14. The van der Waals surface area contributed by atoms with E-state index in [-0.39, 0.29) is 70.5 Å². The number of esters is 1. The zero-order valence-electron chi connectivity index (χ0n) is 23.0. The zero-order chi connectivity index (χ0) is 30.5. The number of nitrogen functional groups attached to an aromatic ring is 1. The molecule has 5 rings (SSSR count). The van der Waals surface area contributed by atoms with Gasteiger partial charge in [0.15, 0.2) is 15.2 Å². The molecule has 0 bridgehead atoms. The van der Waals surface area contributed by atoms with Gasteiger partial charge in [-0.2, -0.15) is 0 Å². The van der Waals surface area contributed by atoms with Crippen molar-refractivity contribution in [1.82, 2.24) is 14.9 Å². The van der Waals surface area contributed by atoms with Crippen LogP contribution < -0.4 is 40.4 Å². The number of oxime groups is 1. The number of thiazole rings is 2. The Labute approximate surface area is 284 Å². The molecule has 44 heavy (non-hydrogen) atoms. The number of fused-ring (bicyclic) bond motifs is 1. The van der Waals surface area contributed by atoms with Crippen LogP contribution in [-0.4, -0.2) is 74.8 Å². The SMILES string of the molecule is Nc1nc(/C(=N\OCCF)C([O-])=N[C@@H]2C(=O)N3C(C(=O)O)=C(Sc4nc(C(=O)OCc5ccccc5)cs4)CC[C@H]23)cs1.[Na+]. The number of carbonyl (C=O) groups is 3. The van der Waals surface area contributed by atoms with E-state index in [9.17, 15) is 29.0 Å². The third kappa shape index (κ3) is 7.47. The molecular weight excluding hydrogens is 647 g/mol. The number of halogens is 1. The standard InChI is InChI=1S/C26H23FN6O7S3.Na/c27-8-9-40-32-18(14-11-41-25(28)29-14)21(34)31-19-16-6-7-17(20(23(36)37)33(16)22(19)35)43-26-30-15(12-42-26)24(38)39-10-13-4-2-1-3-5-13;/h1-5,11-12,16,19H,6-10H2,(H2,28,29)(H,31,34)(H,36,37);/q;+1/p-1/b32-18+;/t16-,19+;/m1./s1. The van der Waals surface area contributed by atoms with E-state index >= 15 is 0 Å². The van der Waals surface area contributed by atoms with Gasteiger partial charge in [0, 0.05) is 21.6 Å². The summed E-state index contributed by atoms with van der Waals surface area (Å²) in [7, 11) is 0. The number of amides is 1. The molecule has 0 radical (unpaired) electrons. The van der Waals surface area contributed by atoms with Crippen molar-refractivity contribution in [3.8, 4) is 0 Å². The summed E-state index contributed by atoms with van der Waals surface area (Å²) in [6.07, 6.45) is 0.579. The smallest absolute Gasteiger partial charge is 0.857 e. The fourth-order valence-corrected chi connectivity index (χ4v) is 6.87. The van der Waals surface area contributed by atoms with Crippen molar-refractivity contribution in [3.05, 3.63) is 68.6 Å². The number of β-lactam (4-membered cyclic amide) rings is 1. The van der Waals surface area contributed by atoms with E-state index < -0.39 is 49.1 Å². The molecule has 13 nitrogen and oxygen atoms in total. The van der Waals surface area contributed by atoms with Gasteiger partial charge in [0.05, 0.1) is 6.04 Å². The van der Waals surface area contributed by atoms with Crippen LogP contribution in [0.1, 0.15) is 34.6 Å². The molecule has 2 aromatic heterocycles. The van der Waals surface area contributed by atoms with E-state index in [2.05, 4.69) is 20.1 Å². The first-order chi connectivity index (χ1) is 20.8. The summed E-state index contributed by atoms with van der Waals surface area (Å²) in [5.74, 6) is -3.56. The van der Waals surface area contributed by atoms with Crippen molar-refractivity contribution < 1.29 is 68.1 Å². The van der Waals surface area contributed by atoms with Gasteiger partial charge in [-0.3, -0.25) is 14.7 Å². The first kappa shape index (κ1) is 33.5. The summed E-state index contributed by atoms with van der Waals surface area (Å²) in [5, 5.41) is 29.7. The van der Waals surface area contributed by atoms with Crippen molar-refractivity contribution in [2.24, 2.45) is 10.1 Å². The third-order valence-electron chi connectivity index (χ3n) is 6.22. The molecular formula is C26H22FN6NaO7S3. The minimum Gasteiger partial charge on any atom is -0.857 e. The molecule has 4 heterocycles. The minimum atomic E-state index is -1.33. The first-order valence-electron chi connectivity index (χ1n) is 12.6. The Kier molecular flexibility index (Phi) is 11.5. The largest absolute Gasteiger partial charge is 1.00 e. The van der Waals surface area contributed by atoms with E-state index in [1.165, 1.54) is 10.8 Å². The summed E-state index contributed by atoms with van der Waals surface area (Å²) >= 11 is 3.23. The molecule has 1 saturated heterocycles. The minimum absolute atomic E-state index is 0. The summed E-state index contributed by atoms with van der Waals surface area (Å²) in [5.41, 5.74) is 6.02. The number of carboxylic acid groups (broad SMARTS) is 1. The van der Waals surface area contributed by atoms with Crippen LogP contribution >= 0.6 is 34.4 Å². The maximum Gasteiger partial charge on any atom is 1.00 e. The van der Waals surface area contributed by atoms with Crippen LogP contribution in [-0.2, 0) is 25.8 Å². The molecule has 3 N–H and O–H groups in total. The number of carboxylic acids is 1.